The molecule has 6 rings (SSSR count). The fourth-order valence-electron chi connectivity index (χ4n) is 6.46. The summed E-state index contributed by atoms with van der Waals surface area (Å²) < 4.78 is 1.78. The first-order valence-electron chi connectivity index (χ1n) is 16.0. The molecular weight excluding hydrogens is 570 g/mol. The van der Waals surface area contributed by atoms with Gasteiger partial charge >= 0.3 is 0 Å². The van der Waals surface area contributed by atoms with E-state index in [1.807, 2.05) is 92.5 Å². The van der Waals surface area contributed by atoms with E-state index < -0.39 is 0 Å². The highest BCUT2D eigenvalue weighted by molar-refractivity contribution is 5.83. The number of benzene rings is 1. The van der Waals surface area contributed by atoms with Gasteiger partial charge in [0.15, 0.2) is 0 Å². The summed E-state index contributed by atoms with van der Waals surface area (Å²) >= 11 is 0. The zero-order valence-electron chi connectivity index (χ0n) is 26.2. The minimum Gasteiger partial charge on any atom is -0.351 e. The molecule has 0 aliphatic heterocycles. The maximum absolute atomic E-state index is 13.8. The van der Waals surface area contributed by atoms with E-state index in [1.165, 1.54) is 0 Å². The molecular formula is C38H39N7O. The Balaban J connectivity index is 1.13. The Labute approximate surface area is 270 Å². The Morgan fingerprint density at radius 1 is 0.935 bits per heavy atom. The van der Waals surface area contributed by atoms with Gasteiger partial charge in [-0.1, -0.05) is 48.4 Å². The van der Waals surface area contributed by atoms with Gasteiger partial charge in [0.1, 0.15) is 5.82 Å². The highest BCUT2D eigenvalue weighted by atomic mass is 16.1. The smallest absolute Gasteiger partial charge is 0.229 e. The molecule has 0 bridgehead atoms. The zero-order valence-corrected chi connectivity index (χ0v) is 26.2. The quantitative estimate of drug-likeness (QED) is 0.188. The molecule has 1 aliphatic carbocycles. The lowest BCUT2D eigenvalue weighted by atomic mass is 9.73. The van der Waals surface area contributed by atoms with E-state index >= 15 is 0 Å². The third-order valence-electron chi connectivity index (χ3n) is 8.99. The largest absolute Gasteiger partial charge is 0.351 e. The summed E-state index contributed by atoms with van der Waals surface area (Å²) in [6.07, 6.45) is 21.2. The molecule has 1 amide bonds. The van der Waals surface area contributed by atoms with Crippen molar-refractivity contribution in [2.24, 2.45) is 18.9 Å². The van der Waals surface area contributed by atoms with Gasteiger partial charge in [-0.05, 0) is 74.1 Å². The highest BCUT2D eigenvalue weighted by Gasteiger charge is 2.34. The van der Waals surface area contributed by atoms with Crippen LogP contribution in [0.2, 0.25) is 0 Å². The van der Waals surface area contributed by atoms with E-state index in [-0.39, 0.29) is 17.7 Å². The van der Waals surface area contributed by atoms with Gasteiger partial charge < -0.3 is 5.32 Å². The van der Waals surface area contributed by atoms with Crippen LogP contribution in [-0.4, -0.2) is 35.6 Å². The highest BCUT2D eigenvalue weighted by Crippen LogP contribution is 2.39. The molecule has 4 heterocycles. The minimum absolute atomic E-state index is 0.0275. The van der Waals surface area contributed by atoms with Gasteiger partial charge in [0.2, 0.25) is 5.91 Å². The maximum atomic E-state index is 13.8. The molecule has 8 nitrogen and oxygen atoms in total. The van der Waals surface area contributed by atoms with Crippen LogP contribution in [0.3, 0.4) is 0 Å². The molecule has 232 valence electrons. The van der Waals surface area contributed by atoms with Gasteiger partial charge in [-0.2, -0.15) is 5.10 Å². The van der Waals surface area contributed by atoms with Crippen molar-refractivity contribution in [1.29, 1.82) is 0 Å². The lowest BCUT2D eigenvalue weighted by Crippen LogP contribution is -2.35. The number of terminal acetylenes is 1. The van der Waals surface area contributed by atoms with Crippen molar-refractivity contribution < 1.29 is 4.79 Å². The SMILES string of the molecule is C#Cc1cnc(C[C@H]2CC[C@H](C(C(=O)NCc3ccccc3)c3ccc(-c4cnn(C)c4)cn3)CC2)nc1CCc1ccccn1. The molecule has 0 saturated heterocycles. The molecule has 1 fully saturated rings. The molecule has 1 atom stereocenters. The van der Waals surface area contributed by atoms with Gasteiger partial charge in [-0.15, -0.1) is 6.42 Å². The lowest BCUT2D eigenvalue weighted by Gasteiger charge is -2.33. The number of nitrogens with one attached hydrogen (secondary N) is 1. The first-order chi connectivity index (χ1) is 22.6. The summed E-state index contributed by atoms with van der Waals surface area (Å²) in [5.74, 6) is 3.94. The number of carbonyl (C=O) groups excluding carboxylic acids is 1. The summed E-state index contributed by atoms with van der Waals surface area (Å²) in [7, 11) is 1.90. The summed E-state index contributed by atoms with van der Waals surface area (Å²) in [4.78, 5) is 32.6. The third kappa shape index (κ3) is 7.73. The molecule has 1 unspecified atom stereocenters. The van der Waals surface area contributed by atoms with E-state index in [4.69, 9.17) is 16.4 Å². The molecule has 1 aliphatic rings. The van der Waals surface area contributed by atoms with Crippen LogP contribution in [0.25, 0.3) is 11.1 Å². The molecule has 46 heavy (non-hydrogen) atoms. The first-order valence-corrected chi connectivity index (χ1v) is 16.0. The van der Waals surface area contributed by atoms with Gasteiger partial charge in [-0.25, -0.2) is 9.97 Å². The number of amides is 1. The minimum atomic E-state index is -0.322. The van der Waals surface area contributed by atoms with Crippen LogP contribution in [-0.2, 0) is 37.6 Å². The van der Waals surface area contributed by atoms with Crippen LogP contribution >= 0.6 is 0 Å². The van der Waals surface area contributed by atoms with Crippen molar-refractivity contribution in [3.63, 3.8) is 0 Å². The first kappa shape index (κ1) is 30.8. The van der Waals surface area contributed by atoms with Crippen LogP contribution in [0, 0.1) is 24.2 Å². The average Bonchev–Trinajstić information content (AvgIpc) is 3.54. The number of nitrogens with zero attached hydrogens (tertiary/aromatic N) is 6. The van der Waals surface area contributed by atoms with Gasteiger partial charge in [0.05, 0.1) is 29.1 Å². The van der Waals surface area contributed by atoms with E-state index in [0.717, 1.165) is 90.1 Å². The Hall–Kier alpha value is -5.16. The van der Waals surface area contributed by atoms with Crippen molar-refractivity contribution in [2.45, 2.75) is 57.4 Å². The summed E-state index contributed by atoms with van der Waals surface area (Å²) in [5, 5.41) is 7.49. The normalized spacial score (nSPS) is 16.8. The number of carbonyl (C=O) groups is 1. The fourth-order valence-corrected chi connectivity index (χ4v) is 6.46. The van der Waals surface area contributed by atoms with E-state index in [1.54, 1.807) is 10.9 Å². The van der Waals surface area contributed by atoms with E-state index in [9.17, 15) is 4.79 Å². The summed E-state index contributed by atoms with van der Waals surface area (Å²) in [6.45, 7) is 0.493. The molecule has 8 heteroatoms. The monoisotopic (exact) mass is 609 g/mol. The standard InChI is InChI=1S/C38H39N7O/c1-3-29-23-41-36(44-34(29)19-17-33-11-7-8-20-39-33)21-27-12-14-30(15-13-27)37(38(46)42-22-28-9-5-4-6-10-28)35-18-16-31(24-40-35)32-25-43-45(2)26-32/h1,4-11,16,18,20,23-27,30,37H,12-15,17,19,21-22H2,2H3,(H,42,46)/t27-,30-,37?. The number of pyridine rings is 2. The average molecular weight is 610 g/mol. The number of rotatable bonds is 11. The zero-order chi connectivity index (χ0) is 31.7. The Morgan fingerprint density at radius 3 is 2.46 bits per heavy atom. The van der Waals surface area contributed by atoms with Crippen molar-refractivity contribution in [2.75, 3.05) is 0 Å². The Kier molecular flexibility index (Phi) is 9.89. The van der Waals surface area contributed by atoms with Crippen molar-refractivity contribution in [3.05, 3.63) is 126 Å². The maximum Gasteiger partial charge on any atom is 0.229 e. The Morgan fingerprint density at radius 2 is 1.76 bits per heavy atom. The van der Waals surface area contributed by atoms with Crippen LogP contribution in [0.5, 0.6) is 0 Å². The second-order valence-corrected chi connectivity index (χ2v) is 12.2. The number of hydrogen-bond donors (Lipinski definition) is 1. The second-order valence-electron chi connectivity index (χ2n) is 12.2. The van der Waals surface area contributed by atoms with Crippen LogP contribution in [0.1, 0.15) is 65.6 Å². The van der Waals surface area contributed by atoms with E-state index in [0.29, 0.717) is 12.5 Å². The molecule has 5 aromatic rings. The van der Waals surface area contributed by atoms with Gasteiger partial charge in [0, 0.05) is 61.6 Å². The van der Waals surface area contributed by atoms with Gasteiger partial charge in [0.25, 0.3) is 0 Å². The van der Waals surface area contributed by atoms with Crippen LogP contribution < -0.4 is 5.32 Å². The van der Waals surface area contributed by atoms with Crippen molar-refractivity contribution in [1.82, 2.24) is 35.0 Å². The number of aromatic nitrogens is 6. The molecule has 0 spiro atoms. The lowest BCUT2D eigenvalue weighted by molar-refractivity contribution is -0.124. The number of hydrogen-bond acceptors (Lipinski definition) is 6. The molecule has 0 radical (unpaired) electrons. The van der Waals surface area contributed by atoms with Crippen molar-refractivity contribution >= 4 is 5.91 Å². The van der Waals surface area contributed by atoms with Gasteiger partial charge in [-0.3, -0.25) is 19.4 Å². The van der Waals surface area contributed by atoms with Crippen LogP contribution in [0.4, 0.5) is 0 Å². The van der Waals surface area contributed by atoms with Crippen molar-refractivity contribution in [3.8, 4) is 23.5 Å². The topological polar surface area (TPSA) is 98.5 Å². The predicted molar refractivity (Wildman–Crippen MR) is 178 cm³/mol. The summed E-state index contributed by atoms with van der Waals surface area (Å²) in [5.41, 5.74) is 6.55. The molecule has 1 N–H and O–H groups in total. The predicted octanol–water partition coefficient (Wildman–Crippen LogP) is 5.88. The third-order valence-corrected chi connectivity index (χ3v) is 8.99. The fraction of sp³-hybridized carbons (Fsp3) is 0.316. The Bertz CT molecular complexity index is 1770. The molecule has 4 aromatic heterocycles. The van der Waals surface area contributed by atoms with Crippen LogP contribution in [0.15, 0.2) is 91.6 Å². The second kappa shape index (κ2) is 14.7. The molecule has 1 saturated carbocycles. The summed E-state index contributed by atoms with van der Waals surface area (Å²) in [6, 6.07) is 20.0. The van der Waals surface area contributed by atoms with E-state index in [2.05, 4.69) is 26.3 Å². The number of aryl methyl sites for hydroxylation is 3. The molecule has 1 aromatic carbocycles.